The van der Waals surface area contributed by atoms with Crippen LogP contribution in [0.4, 0.5) is 5.69 Å². The highest BCUT2D eigenvalue weighted by molar-refractivity contribution is 5.62. The lowest BCUT2D eigenvalue weighted by Gasteiger charge is -2.19. The number of carbonyl (C=O) groups excluding carboxylic acids is 1. The number of hydrogen-bond acceptors (Lipinski definition) is 3. The first-order valence-electron chi connectivity index (χ1n) is 5.42. The van der Waals surface area contributed by atoms with Gasteiger partial charge in [-0.05, 0) is 29.7 Å². The van der Waals surface area contributed by atoms with Crippen LogP contribution in [0.5, 0.6) is 5.75 Å². The van der Waals surface area contributed by atoms with Gasteiger partial charge in [0.05, 0.1) is 13.7 Å². The van der Waals surface area contributed by atoms with Crippen molar-refractivity contribution in [2.45, 2.75) is 19.8 Å². The van der Waals surface area contributed by atoms with E-state index in [4.69, 9.17) is 4.74 Å². The van der Waals surface area contributed by atoms with E-state index in [0.717, 1.165) is 23.3 Å². The van der Waals surface area contributed by atoms with E-state index in [1.807, 2.05) is 24.1 Å². The summed E-state index contributed by atoms with van der Waals surface area (Å²) in [4.78, 5) is 12.4. The fourth-order valence-corrected chi connectivity index (χ4v) is 1.63. The monoisotopic (exact) mass is 221 g/mol. The summed E-state index contributed by atoms with van der Waals surface area (Å²) in [6, 6.07) is 5.99. The Balaban J connectivity index is 3.06. The second-order valence-corrected chi connectivity index (χ2v) is 4.13. The number of benzene rings is 1. The number of aldehydes is 1. The summed E-state index contributed by atoms with van der Waals surface area (Å²) in [6.07, 6.45) is 0.902. The second-order valence-electron chi connectivity index (χ2n) is 4.13. The zero-order chi connectivity index (χ0) is 12.1. The van der Waals surface area contributed by atoms with Gasteiger partial charge in [-0.25, -0.2) is 0 Å². The molecule has 0 atom stereocenters. The Labute approximate surface area is 97.0 Å². The fourth-order valence-electron chi connectivity index (χ4n) is 1.63. The molecule has 1 aromatic rings. The second kappa shape index (κ2) is 5.54. The quantitative estimate of drug-likeness (QED) is 0.715. The van der Waals surface area contributed by atoms with E-state index in [0.29, 0.717) is 12.5 Å². The molecule has 0 saturated carbocycles. The normalized spacial score (nSPS) is 10.3. The minimum Gasteiger partial charge on any atom is -0.496 e. The lowest BCUT2D eigenvalue weighted by Crippen LogP contribution is -2.19. The van der Waals surface area contributed by atoms with E-state index in [2.05, 4.69) is 19.9 Å². The van der Waals surface area contributed by atoms with Gasteiger partial charge in [-0.2, -0.15) is 0 Å². The molecule has 0 fully saturated rings. The SMILES string of the molecule is COc1ccc(N(C)CC=O)cc1C(C)C. The van der Waals surface area contributed by atoms with Crippen molar-refractivity contribution in [1.29, 1.82) is 0 Å². The predicted octanol–water partition coefficient (Wildman–Crippen LogP) is 2.45. The van der Waals surface area contributed by atoms with Crippen molar-refractivity contribution in [1.82, 2.24) is 0 Å². The Kier molecular flexibility index (Phi) is 4.35. The molecule has 0 aliphatic carbocycles. The molecule has 0 N–H and O–H groups in total. The van der Waals surface area contributed by atoms with Gasteiger partial charge in [0.25, 0.3) is 0 Å². The largest absolute Gasteiger partial charge is 0.496 e. The van der Waals surface area contributed by atoms with Crippen molar-refractivity contribution in [2.24, 2.45) is 0 Å². The predicted molar refractivity (Wildman–Crippen MR) is 66.4 cm³/mol. The van der Waals surface area contributed by atoms with Crippen molar-refractivity contribution in [3.63, 3.8) is 0 Å². The van der Waals surface area contributed by atoms with Crippen LogP contribution in [-0.2, 0) is 4.79 Å². The van der Waals surface area contributed by atoms with Crippen LogP contribution in [0, 0.1) is 0 Å². The average Bonchev–Trinajstić information content (AvgIpc) is 2.28. The molecule has 0 radical (unpaired) electrons. The first-order chi connectivity index (χ1) is 7.60. The Morgan fingerprint density at radius 3 is 2.62 bits per heavy atom. The van der Waals surface area contributed by atoms with Gasteiger partial charge in [-0.1, -0.05) is 13.8 Å². The van der Waals surface area contributed by atoms with Crippen molar-refractivity contribution >= 4 is 12.0 Å². The van der Waals surface area contributed by atoms with Crippen LogP contribution in [0.1, 0.15) is 25.3 Å². The molecular weight excluding hydrogens is 202 g/mol. The van der Waals surface area contributed by atoms with Crippen molar-refractivity contribution in [3.8, 4) is 5.75 Å². The van der Waals surface area contributed by atoms with Crippen molar-refractivity contribution < 1.29 is 9.53 Å². The summed E-state index contributed by atoms with van der Waals surface area (Å²) >= 11 is 0. The lowest BCUT2D eigenvalue weighted by atomic mass is 10.0. The number of rotatable bonds is 5. The molecule has 0 aliphatic rings. The standard InChI is InChI=1S/C13H19NO2/c1-10(2)12-9-11(14(3)7-8-15)5-6-13(12)16-4/h5-6,8-10H,7H2,1-4H3. The van der Waals surface area contributed by atoms with Crippen LogP contribution in [0.3, 0.4) is 0 Å². The van der Waals surface area contributed by atoms with Gasteiger partial charge >= 0.3 is 0 Å². The maximum atomic E-state index is 10.5. The molecule has 1 aromatic carbocycles. The Morgan fingerprint density at radius 2 is 2.12 bits per heavy atom. The zero-order valence-corrected chi connectivity index (χ0v) is 10.4. The van der Waals surface area contributed by atoms with E-state index < -0.39 is 0 Å². The molecule has 16 heavy (non-hydrogen) atoms. The first-order valence-corrected chi connectivity index (χ1v) is 5.42. The molecule has 0 heterocycles. The van der Waals surface area contributed by atoms with E-state index >= 15 is 0 Å². The van der Waals surface area contributed by atoms with E-state index in [1.165, 1.54) is 0 Å². The van der Waals surface area contributed by atoms with Gasteiger partial charge in [-0.15, -0.1) is 0 Å². The topological polar surface area (TPSA) is 29.5 Å². The summed E-state index contributed by atoms with van der Waals surface area (Å²) in [6.45, 7) is 4.66. The highest BCUT2D eigenvalue weighted by Gasteiger charge is 2.09. The number of hydrogen-bond donors (Lipinski definition) is 0. The zero-order valence-electron chi connectivity index (χ0n) is 10.4. The van der Waals surface area contributed by atoms with E-state index in [1.54, 1.807) is 7.11 Å². The first kappa shape index (κ1) is 12.6. The summed E-state index contributed by atoms with van der Waals surface area (Å²) in [5.41, 5.74) is 2.20. The third-order valence-electron chi connectivity index (χ3n) is 2.62. The molecule has 0 unspecified atom stereocenters. The van der Waals surface area contributed by atoms with Crippen LogP contribution in [-0.4, -0.2) is 27.0 Å². The fraction of sp³-hybridized carbons (Fsp3) is 0.462. The van der Waals surface area contributed by atoms with Crippen LogP contribution in [0.25, 0.3) is 0 Å². The van der Waals surface area contributed by atoms with Gasteiger partial charge in [0.2, 0.25) is 0 Å². The smallest absolute Gasteiger partial charge is 0.139 e. The molecule has 0 amide bonds. The van der Waals surface area contributed by atoms with E-state index in [-0.39, 0.29) is 0 Å². The summed E-state index contributed by atoms with van der Waals surface area (Å²) in [7, 11) is 3.58. The number of likely N-dealkylation sites (N-methyl/N-ethyl adjacent to an activating group) is 1. The van der Waals surface area contributed by atoms with Gasteiger partial charge < -0.3 is 14.4 Å². The Morgan fingerprint density at radius 1 is 1.44 bits per heavy atom. The molecule has 0 bridgehead atoms. The molecule has 0 saturated heterocycles. The molecular formula is C13H19NO2. The summed E-state index contributed by atoms with van der Waals surface area (Å²) in [5, 5.41) is 0. The van der Waals surface area contributed by atoms with Gasteiger partial charge in [0.15, 0.2) is 0 Å². The van der Waals surface area contributed by atoms with Crippen LogP contribution in [0.2, 0.25) is 0 Å². The van der Waals surface area contributed by atoms with Gasteiger partial charge in [0, 0.05) is 12.7 Å². The maximum absolute atomic E-state index is 10.5. The number of anilines is 1. The average molecular weight is 221 g/mol. The maximum Gasteiger partial charge on any atom is 0.139 e. The Bertz CT molecular complexity index is 361. The number of nitrogens with zero attached hydrogens (tertiary/aromatic N) is 1. The van der Waals surface area contributed by atoms with Gasteiger partial charge in [0.1, 0.15) is 12.0 Å². The molecule has 0 aliphatic heterocycles. The third kappa shape index (κ3) is 2.75. The molecule has 1 rings (SSSR count). The van der Waals surface area contributed by atoms with Crippen LogP contribution >= 0.6 is 0 Å². The highest BCUT2D eigenvalue weighted by Crippen LogP contribution is 2.30. The van der Waals surface area contributed by atoms with Gasteiger partial charge in [-0.3, -0.25) is 0 Å². The minimum absolute atomic E-state index is 0.402. The number of carbonyl (C=O) groups is 1. The molecule has 0 aromatic heterocycles. The number of methoxy groups -OCH3 is 1. The molecule has 0 spiro atoms. The molecule has 88 valence electrons. The summed E-state index contributed by atoms with van der Waals surface area (Å²) in [5.74, 6) is 1.30. The highest BCUT2D eigenvalue weighted by atomic mass is 16.5. The van der Waals surface area contributed by atoms with Crippen molar-refractivity contribution in [3.05, 3.63) is 23.8 Å². The van der Waals surface area contributed by atoms with Crippen molar-refractivity contribution in [2.75, 3.05) is 25.6 Å². The van der Waals surface area contributed by atoms with E-state index in [9.17, 15) is 4.79 Å². The molecule has 3 heteroatoms. The number of ether oxygens (including phenoxy) is 1. The minimum atomic E-state index is 0.402. The molecule has 3 nitrogen and oxygen atoms in total. The Hall–Kier alpha value is -1.51. The van der Waals surface area contributed by atoms with Crippen LogP contribution in [0.15, 0.2) is 18.2 Å². The summed E-state index contributed by atoms with van der Waals surface area (Å²) < 4.78 is 5.31. The lowest BCUT2D eigenvalue weighted by molar-refractivity contribution is -0.106. The van der Waals surface area contributed by atoms with Crippen LogP contribution < -0.4 is 9.64 Å². The third-order valence-corrected chi connectivity index (χ3v) is 2.62.